The van der Waals surface area contributed by atoms with Gasteiger partial charge in [0, 0.05) is 23.9 Å². The maximum Gasteiger partial charge on any atom is 0.339 e. The Labute approximate surface area is 121 Å². The molecule has 5 heteroatoms. The van der Waals surface area contributed by atoms with E-state index in [1.165, 1.54) is 13.0 Å². The summed E-state index contributed by atoms with van der Waals surface area (Å²) in [7, 11) is 0. The maximum absolute atomic E-state index is 12.0. The van der Waals surface area contributed by atoms with Crippen LogP contribution in [0.4, 0.5) is 0 Å². The van der Waals surface area contributed by atoms with Gasteiger partial charge in [-0.15, -0.1) is 0 Å². The van der Waals surface area contributed by atoms with E-state index in [1.807, 2.05) is 13.8 Å². The summed E-state index contributed by atoms with van der Waals surface area (Å²) in [6, 6.07) is 3.13. The fourth-order valence-corrected chi connectivity index (χ4v) is 2.36. The third kappa shape index (κ3) is 2.70. The third-order valence-corrected chi connectivity index (χ3v) is 3.39. The Kier molecular flexibility index (Phi) is 4.14. The van der Waals surface area contributed by atoms with Gasteiger partial charge in [0.15, 0.2) is 5.75 Å². The number of halogens is 1. The van der Waals surface area contributed by atoms with E-state index in [0.29, 0.717) is 22.6 Å². The molecule has 0 radical (unpaired) electrons. The highest BCUT2D eigenvalue weighted by Gasteiger charge is 2.14. The van der Waals surface area contributed by atoms with Crippen LogP contribution in [0.1, 0.15) is 31.4 Å². The number of ether oxygens (including phenoxy) is 1. The van der Waals surface area contributed by atoms with Crippen molar-refractivity contribution in [3.05, 3.63) is 38.7 Å². The van der Waals surface area contributed by atoms with Crippen molar-refractivity contribution >= 4 is 28.5 Å². The van der Waals surface area contributed by atoms with E-state index in [0.717, 1.165) is 17.4 Å². The highest BCUT2D eigenvalue weighted by molar-refractivity contribution is 6.33. The molecule has 1 aromatic carbocycles. The summed E-state index contributed by atoms with van der Waals surface area (Å²) in [5.74, 6) is -0.287. The van der Waals surface area contributed by atoms with Gasteiger partial charge in [-0.25, -0.2) is 4.79 Å². The minimum absolute atomic E-state index is 0.192. The summed E-state index contributed by atoms with van der Waals surface area (Å²) in [6.07, 6.45) is 1.52. The van der Waals surface area contributed by atoms with E-state index >= 15 is 0 Å². The molecule has 2 aromatic rings. The smallest absolute Gasteiger partial charge is 0.339 e. The van der Waals surface area contributed by atoms with E-state index in [9.17, 15) is 9.59 Å². The number of esters is 1. The zero-order valence-electron chi connectivity index (χ0n) is 11.6. The molecule has 0 saturated carbocycles. The monoisotopic (exact) mass is 294 g/mol. The first-order valence-corrected chi connectivity index (χ1v) is 6.76. The van der Waals surface area contributed by atoms with E-state index in [2.05, 4.69) is 0 Å². The van der Waals surface area contributed by atoms with Crippen molar-refractivity contribution in [2.24, 2.45) is 0 Å². The molecule has 0 aliphatic rings. The van der Waals surface area contributed by atoms with Crippen molar-refractivity contribution < 1.29 is 13.9 Å². The molecule has 0 saturated heterocycles. The van der Waals surface area contributed by atoms with Crippen molar-refractivity contribution in [3.63, 3.8) is 0 Å². The topological polar surface area (TPSA) is 56.5 Å². The number of hydrogen-bond acceptors (Lipinski definition) is 4. The second-order valence-electron chi connectivity index (χ2n) is 4.62. The molecule has 0 unspecified atom stereocenters. The Morgan fingerprint density at radius 2 is 2.10 bits per heavy atom. The molecule has 0 fully saturated rings. The number of aryl methyl sites for hydroxylation is 1. The molecule has 1 heterocycles. The van der Waals surface area contributed by atoms with Crippen LogP contribution in [0.3, 0.4) is 0 Å². The zero-order chi connectivity index (χ0) is 14.9. The zero-order valence-corrected chi connectivity index (χ0v) is 12.3. The SMILES string of the molecule is CCCc1c(C)c2cc(Cl)c(OC(C)=O)cc2oc1=O. The number of hydrogen-bond donors (Lipinski definition) is 0. The molecule has 0 aliphatic heterocycles. The standard InChI is InChI=1S/C15H15ClO4/c1-4-5-10-8(2)11-6-12(16)14(19-9(3)17)7-13(11)20-15(10)18/h6-7H,4-5H2,1-3H3. The van der Waals surface area contributed by atoms with E-state index in [1.54, 1.807) is 6.07 Å². The van der Waals surface area contributed by atoms with Gasteiger partial charge in [-0.3, -0.25) is 4.79 Å². The average molecular weight is 295 g/mol. The van der Waals surface area contributed by atoms with Crippen molar-refractivity contribution in [1.82, 2.24) is 0 Å². The average Bonchev–Trinajstić information content (AvgIpc) is 2.36. The molecule has 106 valence electrons. The summed E-state index contributed by atoms with van der Waals surface area (Å²) < 4.78 is 10.3. The highest BCUT2D eigenvalue weighted by Crippen LogP contribution is 2.32. The Morgan fingerprint density at radius 1 is 1.40 bits per heavy atom. The van der Waals surface area contributed by atoms with Gasteiger partial charge in [0.1, 0.15) is 5.58 Å². The summed E-state index contributed by atoms with van der Waals surface area (Å²) >= 11 is 6.09. The molecule has 0 amide bonds. The van der Waals surface area contributed by atoms with Gasteiger partial charge < -0.3 is 9.15 Å². The van der Waals surface area contributed by atoms with Crippen molar-refractivity contribution in [3.8, 4) is 5.75 Å². The summed E-state index contributed by atoms with van der Waals surface area (Å²) in [6.45, 7) is 5.15. The highest BCUT2D eigenvalue weighted by atomic mass is 35.5. The van der Waals surface area contributed by atoms with Crippen molar-refractivity contribution in [2.75, 3.05) is 0 Å². The van der Waals surface area contributed by atoms with Crippen LogP contribution in [-0.4, -0.2) is 5.97 Å². The minimum atomic E-state index is -0.479. The van der Waals surface area contributed by atoms with Crippen LogP contribution in [0.2, 0.25) is 5.02 Å². The fourth-order valence-electron chi connectivity index (χ4n) is 2.16. The number of carbonyl (C=O) groups excluding carboxylic acids is 1. The number of fused-ring (bicyclic) bond motifs is 1. The van der Waals surface area contributed by atoms with Crippen LogP contribution in [0.25, 0.3) is 11.0 Å². The summed E-state index contributed by atoms with van der Waals surface area (Å²) in [5, 5.41) is 1.07. The van der Waals surface area contributed by atoms with E-state index in [4.69, 9.17) is 20.8 Å². The molecule has 1 aromatic heterocycles. The van der Waals surface area contributed by atoms with Gasteiger partial charge in [-0.2, -0.15) is 0 Å². The molecular weight excluding hydrogens is 280 g/mol. The lowest BCUT2D eigenvalue weighted by molar-refractivity contribution is -0.131. The first-order chi connectivity index (χ1) is 9.43. The van der Waals surface area contributed by atoms with Gasteiger partial charge in [-0.05, 0) is 25.0 Å². The number of rotatable bonds is 3. The molecule has 4 nitrogen and oxygen atoms in total. The molecule has 0 aliphatic carbocycles. The van der Waals surface area contributed by atoms with Crippen molar-refractivity contribution in [1.29, 1.82) is 0 Å². The predicted molar refractivity (Wildman–Crippen MR) is 77.5 cm³/mol. The van der Waals surface area contributed by atoms with Gasteiger partial charge in [-0.1, -0.05) is 24.9 Å². The lowest BCUT2D eigenvalue weighted by Gasteiger charge is -2.09. The molecule has 0 N–H and O–H groups in total. The molecular formula is C15H15ClO4. The van der Waals surface area contributed by atoms with Crippen LogP contribution >= 0.6 is 11.6 Å². The lowest BCUT2D eigenvalue weighted by atomic mass is 10.0. The van der Waals surface area contributed by atoms with Crippen LogP contribution in [-0.2, 0) is 11.2 Å². The van der Waals surface area contributed by atoms with Gasteiger partial charge in [0.05, 0.1) is 5.02 Å². The molecule has 0 bridgehead atoms. The second-order valence-corrected chi connectivity index (χ2v) is 5.02. The van der Waals surface area contributed by atoms with Crippen LogP contribution in [0.5, 0.6) is 5.75 Å². The summed E-state index contributed by atoms with van der Waals surface area (Å²) in [5.41, 5.74) is 1.53. The predicted octanol–water partition coefficient (Wildman–Crippen LogP) is 3.63. The van der Waals surface area contributed by atoms with Crippen molar-refractivity contribution in [2.45, 2.75) is 33.6 Å². The second kappa shape index (κ2) is 5.67. The Morgan fingerprint density at radius 3 is 2.70 bits per heavy atom. The fraction of sp³-hybridized carbons (Fsp3) is 0.333. The largest absolute Gasteiger partial charge is 0.425 e. The van der Waals surface area contributed by atoms with Crippen LogP contribution < -0.4 is 10.4 Å². The lowest BCUT2D eigenvalue weighted by Crippen LogP contribution is -2.10. The molecule has 2 rings (SSSR count). The molecule has 0 spiro atoms. The Hall–Kier alpha value is -1.81. The van der Waals surface area contributed by atoms with Crippen LogP contribution in [0, 0.1) is 6.92 Å². The Bertz CT molecular complexity index is 731. The molecule has 0 atom stereocenters. The number of carbonyl (C=O) groups is 1. The third-order valence-electron chi connectivity index (χ3n) is 3.09. The van der Waals surface area contributed by atoms with Gasteiger partial charge >= 0.3 is 11.6 Å². The van der Waals surface area contributed by atoms with Gasteiger partial charge in [0.25, 0.3) is 0 Å². The Balaban J connectivity index is 2.69. The minimum Gasteiger partial charge on any atom is -0.425 e. The first-order valence-electron chi connectivity index (χ1n) is 6.38. The maximum atomic E-state index is 12.0. The quantitative estimate of drug-likeness (QED) is 0.493. The summed E-state index contributed by atoms with van der Waals surface area (Å²) in [4.78, 5) is 23.0. The number of benzene rings is 1. The van der Waals surface area contributed by atoms with E-state index < -0.39 is 5.97 Å². The van der Waals surface area contributed by atoms with Gasteiger partial charge in [0.2, 0.25) is 0 Å². The normalized spacial score (nSPS) is 10.8. The van der Waals surface area contributed by atoms with Crippen LogP contribution in [0.15, 0.2) is 21.3 Å². The first kappa shape index (κ1) is 14.6. The molecule has 20 heavy (non-hydrogen) atoms. The van der Waals surface area contributed by atoms with E-state index in [-0.39, 0.29) is 11.4 Å².